The van der Waals surface area contributed by atoms with Gasteiger partial charge < -0.3 is 20.9 Å². The van der Waals surface area contributed by atoms with Gasteiger partial charge in [0, 0.05) is 38.3 Å². The summed E-state index contributed by atoms with van der Waals surface area (Å²) in [4.78, 5) is 29.1. The highest BCUT2D eigenvalue weighted by molar-refractivity contribution is 5.92. The summed E-state index contributed by atoms with van der Waals surface area (Å²) in [7, 11) is 0. The standard InChI is InChI=1S/C12H19N5O2/c13-3-6-16-7-10(15-8-16)12(19)17-4-1-9(2-5-17)11(14)18/h7-9H,1-6,13H2,(H2,14,18). The van der Waals surface area contributed by atoms with Crippen molar-refractivity contribution in [3.8, 4) is 0 Å². The molecule has 2 amide bonds. The summed E-state index contributed by atoms with van der Waals surface area (Å²) in [5.41, 5.74) is 11.1. The van der Waals surface area contributed by atoms with Crippen LogP contribution in [-0.2, 0) is 11.3 Å². The number of aromatic nitrogens is 2. The van der Waals surface area contributed by atoms with Crippen LogP contribution in [0.3, 0.4) is 0 Å². The van der Waals surface area contributed by atoms with Gasteiger partial charge in [-0.05, 0) is 12.8 Å². The Labute approximate surface area is 111 Å². The van der Waals surface area contributed by atoms with Crippen molar-refractivity contribution < 1.29 is 9.59 Å². The van der Waals surface area contributed by atoms with Gasteiger partial charge in [-0.3, -0.25) is 9.59 Å². The Hall–Kier alpha value is -1.89. The Morgan fingerprint density at radius 3 is 2.63 bits per heavy atom. The maximum atomic E-state index is 12.2. The molecule has 104 valence electrons. The molecule has 0 spiro atoms. The molecule has 0 atom stereocenters. The van der Waals surface area contributed by atoms with Gasteiger partial charge in [-0.25, -0.2) is 4.98 Å². The third-order valence-electron chi connectivity index (χ3n) is 3.42. The molecule has 4 N–H and O–H groups in total. The van der Waals surface area contributed by atoms with E-state index in [9.17, 15) is 9.59 Å². The smallest absolute Gasteiger partial charge is 0.274 e. The average Bonchev–Trinajstić information content (AvgIpc) is 2.87. The number of carbonyl (C=O) groups excluding carboxylic acids is 2. The second-order valence-corrected chi connectivity index (χ2v) is 4.75. The molecule has 0 unspecified atom stereocenters. The summed E-state index contributed by atoms with van der Waals surface area (Å²) >= 11 is 0. The zero-order valence-electron chi connectivity index (χ0n) is 10.8. The van der Waals surface area contributed by atoms with Crippen molar-refractivity contribution in [2.24, 2.45) is 17.4 Å². The fourth-order valence-electron chi connectivity index (χ4n) is 2.27. The molecule has 2 heterocycles. The highest BCUT2D eigenvalue weighted by atomic mass is 16.2. The lowest BCUT2D eigenvalue weighted by atomic mass is 9.96. The van der Waals surface area contributed by atoms with Gasteiger partial charge in [0.25, 0.3) is 5.91 Å². The maximum absolute atomic E-state index is 12.2. The average molecular weight is 265 g/mol. The maximum Gasteiger partial charge on any atom is 0.274 e. The monoisotopic (exact) mass is 265 g/mol. The van der Waals surface area contributed by atoms with Crippen LogP contribution in [0, 0.1) is 5.92 Å². The highest BCUT2D eigenvalue weighted by Gasteiger charge is 2.27. The minimum atomic E-state index is -0.278. The van der Waals surface area contributed by atoms with Crippen LogP contribution in [0.1, 0.15) is 23.3 Å². The molecular weight excluding hydrogens is 246 g/mol. The summed E-state index contributed by atoms with van der Waals surface area (Å²) in [6.07, 6.45) is 4.57. The summed E-state index contributed by atoms with van der Waals surface area (Å²) in [6, 6.07) is 0. The molecule has 0 radical (unpaired) electrons. The number of nitrogens with zero attached hydrogens (tertiary/aromatic N) is 3. The Morgan fingerprint density at radius 2 is 2.05 bits per heavy atom. The van der Waals surface area contributed by atoms with Gasteiger partial charge in [0.05, 0.1) is 6.33 Å². The number of imidazole rings is 1. The lowest BCUT2D eigenvalue weighted by Gasteiger charge is -2.29. The molecule has 1 aliphatic heterocycles. The van der Waals surface area contributed by atoms with Crippen LogP contribution in [0.4, 0.5) is 0 Å². The number of piperidine rings is 1. The second-order valence-electron chi connectivity index (χ2n) is 4.75. The first-order valence-corrected chi connectivity index (χ1v) is 6.42. The van der Waals surface area contributed by atoms with Crippen LogP contribution >= 0.6 is 0 Å². The number of hydrogen-bond donors (Lipinski definition) is 2. The van der Waals surface area contributed by atoms with Crippen molar-refractivity contribution in [3.05, 3.63) is 18.2 Å². The molecule has 0 bridgehead atoms. The van der Waals surface area contributed by atoms with Gasteiger partial charge in [-0.2, -0.15) is 0 Å². The van der Waals surface area contributed by atoms with E-state index in [0.29, 0.717) is 44.7 Å². The molecule has 1 aliphatic rings. The van der Waals surface area contributed by atoms with Crippen LogP contribution in [0.5, 0.6) is 0 Å². The summed E-state index contributed by atoms with van der Waals surface area (Å²) in [5, 5.41) is 0. The molecule has 1 aromatic heterocycles. The van der Waals surface area contributed by atoms with Gasteiger partial charge >= 0.3 is 0 Å². The molecule has 1 fully saturated rings. The van der Waals surface area contributed by atoms with E-state index in [-0.39, 0.29) is 17.7 Å². The fraction of sp³-hybridized carbons (Fsp3) is 0.583. The molecule has 7 nitrogen and oxygen atoms in total. The highest BCUT2D eigenvalue weighted by Crippen LogP contribution is 2.18. The number of nitrogens with two attached hydrogens (primary N) is 2. The molecule has 0 aliphatic carbocycles. The van der Waals surface area contributed by atoms with E-state index < -0.39 is 0 Å². The molecule has 7 heteroatoms. The number of amides is 2. The van der Waals surface area contributed by atoms with Crippen LogP contribution in [0.25, 0.3) is 0 Å². The molecular formula is C12H19N5O2. The third-order valence-corrected chi connectivity index (χ3v) is 3.42. The number of carbonyl (C=O) groups is 2. The molecule has 19 heavy (non-hydrogen) atoms. The Kier molecular flexibility index (Phi) is 4.16. The first kappa shape index (κ1) is 13.5. The Balaban J connectivity index is 1.95. The topological polar surface area (TPSA) is 107 Å². The van der Waals surface area contributed by atoms with Crippen molar-refractivity contribution in [2.45, 2.75) is 19.4 Å². The van der Waals surface area contributed by atoms with Crippen molar-refractivity contribution in [3.63, 3.8) is 0 Å². The Morgan fingerprint density at radius 1 is 1.37 bits per heavy atom. The predicted molar refractivity (Wildman–Crippen MR) is 69.1 cm³/mol. The largest absolute Gasteiger partial charge is 0.369 e. The summed E-state index contributed by atoms with van der Waals surface area (Å²) in [6.45, 7) is 2.25. The summed E-state index contributed by atoms with van der Waals surface area (Å²) < 4.78 is 1.80. The number of likely N-dealkylation sites (tertiary alicyclic amines) is 1. The summed E-state index contributed by atoms with van der Waals surface area (Å²) in [5.74, 6) is -0.489. The SMILES string of the molecule is NCCn1cnc(C(=O)N2CCC(C(N)=O)CC2)c1. The van der Waals surface area contributed by atoms with E-state index in [2.05, 4.69) is 4.98 Å². The molecule has 0 saturated carbocycles. The van der Waals surface area contributed by atoms with E-state index in [1.807, 2.05) is 0 Å². The van der Waals surface area contributed by atoms with Crippen molar-refractivity contribution in [1.29, 1.82) is 0 Å². The number of hydrogen-bond acceptors (Lipinski definition) is 4. The van der Waals surface area contributed by atoms with E-state index in [4.69, 9.17) is 11.5 Å². The number of rotatable bonds is 4. The van der Waals surface area contributed by atoms with Gasteiger partial charge in [0.1, 0.15) is 5.69 Å². The lowest BCUT2D eigenvalue weighted by Crippen LogP contribution is -2.41. The second kappa shape index (κ2) is 5.83. The van der Waals surface area contributed by atoms with Crippen molar-refractivity contribution in [1.82, 2.24) is 14.5 Å². The quantitative estimate of drug-likeness (QED) is 0.741. The van der Waals surface area contributed by atoms with E-state index >= 15 is 0 Å². The molecule has 1 aromatic rings. The fourth-order valence-corrected chi connectivity index (χ4v) is 2.27. The van der Waals surface area contributed by atoms with Gasteiger partial charge in [-0.1, -0.05) is 0 Å². The lowest BCUT2D eigenvalue weighted by molar-refractivity contribution is -0.123. The molecule has 0 aromatic carbocycles. The predicted octanol–water partition coefficient (Wildman–Crippen LogP) is -0.821. The molecule has 2 rings (SSSR count). The van der Waals surface area contributed by atoms with E-state index in [1.54, 1.807) is 22.0 Å². The third kappa shape index (κ3) is 3.11. The first-order chi connectivity index (χ1) is 9.11. The van der Waals surface area contributed by atoms with Gasteiger partial charge in [0.2, 0.25) is 5.91 Å². The normalized spacial score (nSPS) is 16.6. The minimum Gasteiger partial charge on any atom is -0.369 e. The van der Waals surface area contributed by atoms with Crippen LogP contribution in [-0.4, -0.2) is 45.9 Å². The van der Waals surface area contributed by atoms with Crippen LogP contribution < -0.4 is 11.5 Å². The van der Waals surface area contributed by atoms with Crippen LogP contribution in [0.2, 0.25) is 0 Å². The van der Waals surface area contributed by atoms with E-state index in [1.165, 1.54) is 0 Å². The molecule has 1 saturated heterocycles. The van der Waals surface area contributed by atoms with Crippen molar-refractivity contribution >= 4 is 11.8 Å². The number of primary amides is 1. The minimum absolute atomic E-state index is 0.0984. The van der Waals surface area contributed by atoms with Crippen LogP contribution in [0.15, 0.2) is 12.5 Å². The zero-order valence-corrected chi connectivity index (χ0v) is 10.8. The van der Waals surface area contributed by atoms with Gasteiger partial charge in [0.15, 0.2) is 0 Å². The zero-order chi connectivity index (χ0) is 13.8. The van der Waals surface area contributed by atoms with Gasteiger partial charge in [-0.15, -0.1) is 0 Å². The van der Waals surface area contributed by atoms with E-state index in [0.717, 1.165) is 0 Å². The Bertz CT molecular complexity index is 462. The first-order valence-electron chi connectivity index (χ1n) is 6.42. The van der Waals surface area contributed by atoms with Crippen molar-refractivity contribution in [2.75, 3.05) is 19.6 Å².